The summed E-state index contributed by atoms with van der Waals surface area (Å²) in [5, 5.41) is 14.2. The Balaban J connectivity index is 1.60. The van der Waals surface area contributed by atoms with Crippen molar-refractivity contribution in [3.05, 3.63) is 100 Å². The number of carboxylic acid groups (broad SMARTS) is 1. The highest BCUT2D eigenvalue weighted by molar-refractivity contribution is 6.33. The molecule has 3 N–H and O–H groups in total. The Kier molecular flexibility index (Phi) is 9.91. The van der Waals surface area contributed by atoms with Crippen LogP contribution in [0.5, 0.6) is 5.75 Å². The van der Waals surface area contributed by atoms with Crippen LogP contribution in [-0.4, -0.2) is 35.6 Å². The predicted octanol–water partition coefficient (Wildman–Crippen LogP) is 7.93. The van der Waals surface area contributed by atoms with E-state index in [2.05, 4.69) is 15.6 Å². The van der Waals surface area contributed by atoms with Crippen molar-refractivity contribution in [1.82, 2.24) is 10.3 Å². The molecule has 1 amide bonds. The summed E-state index contributed by atoms with van der Waals surface area (Å²) >= 11 is 6.11. The zero-order chi connectivity index (χ0) is 32.9. The van der Waals surface area contributed by atoms with Gasteiger partial charge in [-0.25, -0.2) is 0 Å². The van der Waals surface area contributed by atoms with Gasteiger partial charge in [-0.05, 0) is 53.6 Å². The molecule has 3 aromatic carbocycles. The first-order valence-electron chi connectivity index (χ1n) is 13.1. The molecule has 1 heterocycles. The lowest BCUT2D eigenvalue weighted by molar-refractivity contribution is -0.138. The SMILES string of the molecule is COc1cc(C(F)(F)F)cc(-c2ccc(C(=O)NCCC(=O)O)nc2)c1CNc1ccc(-c2ccc(C(F)(F)F)cc2Cl)cc1. The van der Waals surface area contributed by atoms with E-state index in [1.807, 2.05) is 0 Å². The third-order valence-electron chi connectivity index (χ3n) is 6.65. The van der Waals surface area contributed by atoms with Crippen LogP contribution in [0.25, 0.3) is 22.3 Å². The number of anilines is 1. The molecule has 0 aliphatic rings. The summed E-state index contributed by atoms with van der Waals surface area (Å²) in [4.78, 5) is 27.0. The summed E-state index contributed by atoms with van der Waals surface area (Å²) in [5.74, 6) is -1.80. The number of amides is 1. The van der Waals surface area contributed by atoms with E-state index in [4.69, 9.17) is 21.4 Å². The van der Waals surface area contributed by atoms with E-state index in [1.165, 1.54) is 31.5 Å². The number of pyridine rings is 1. The second-order valence-corrected chi connectivity index (χ2v) is 10.1. The number of hydrogen-bond donors (Lipinski definition) is 3. The van der Waals surface area contributed by atoms with Crippen LogP contribution < -0.4 is 15.4 Å². The molecule has 236 valence electrons. The average Bonchev–Trinajstić information content (AvgIpc) is 2.99. The monoisotopic (exact) mass is 651 g/mol. The number of aromatic nitrogens is 1. The zero-order valence-corrected chi connectivity index (χ0v) is 24.1. The molecule has 0 spiro atoms. The lowest BCUT2D eigenvalue weighted by Crippen LogP contribution is -2.26. The van der Waals surface area contributed by atoms with Crippen molar-refractivity contribution in [3.63, 3.8) is 0 Å². The molecule has 0 radical (unpaired) electrons. The number of carbonyl (C=O) groups excluding carboxylic acids is 1. The highest BCUT2D eigenvalue weighted by Crippen LogP contribution is 2.40. The minimum atomic E-state index is -4.69. The standard InChI is InChI=1S/C31H24ClF6N3O4/c1-45-27-14-20(31(36,37)38)12-23(18-4-9-26(41-15-18)29(44)39-11-10-28(42)43)24(27)16-40-21-6-2-17(3-7-21)22-8-5-19(13-25(22)32)30(33,34)35/h2-9,12-15,40H,10-11,16H2,1H3,(H,39,44)(H,42,43). The second-order valence-electron chi connectivity index (χ2n) is 9.66. The maximum atomic E-state index is 13.8. The van der Waals surface area contributed by atoms with Crippen molar-refractivity contribution in [3.8, 4) is 28.0 Å². The van der Waals surface area contributed by atoms with E-state index in [0.717, 1.165) is 24.3 Å². The fraction of sp³-hybridized carbons (Fsp3) is 0.194. The molecule has 14 heteroatoms. The molecular formula is C31H24ClF6N3O4. The van der Waals surface area contributed by atoms with Gasteiger partial charge in [0.1, 0.15) is 11.4 Å². The topological polar surface area (TPSA) is 101 Å². The van der Waals surface area contributed by atoms with Gasteiger partial charge in [-0.15, -0.1) is 0 Å². The Morgan fingerprint density at radius 1 is 0.867 bits per heavy atom. The first-order valence-corrected chi connectivity index (χ1v) is 13.5. The summed E-state index contributed by atoms with van der Waals surface area (Å²) in [6.45, 7) is -0.134. The van der Waals surface area contributed by atoms with Gasteiger partial charge in [-0.1, -0.05) is 35.9 Å². The number of methoxy groups -OCH3 is 1. The van der Waals surface area contributed by atoms with Gasteiger partial charge in [0.15, 0.2) is 0 Å². The van der Waals surface area contributed by atoms with Crippen LogP contribution in [0.4, 0.5) is 32.0 Å². The molecule has 0 aliphatic heterocycles. The van der Waals surface area contributed by atoms with Crippen LogP contribution in [0.1, 0.15) is 33.6 Å². The number of alkyl halides is 6. The number of nitrogens with one attached hydrogen (secondary N) is 2. The lowest BCUT2D eigenvalue weighted by atomic mass is 9.96. The highest BCUT2D eigenvalue weighted by atomic mass is 35.5. The molecule has 0 fully saturated rings. The third kappa shape index (κ3) is 8.24. The van der Waals surface area contributed by atoms with Crippen molar-refractivity contribution in [2.75, 3.05) is 19.0 Å². The van der Waals surface area contributed by atoms with Gasteiger partial charge in [-0.2, -0.15) is 26.3 Å². The smallest absolute Gasteiger partial charge is 0.416 e. The predicted molar refractivity (Wildman–Crippen MR) is 155 cm³/mol. The molecule has 7 nitrogen and oxygen atoms in total. The quantitative estimate of drug-likeness (QED) is 0.151. The Morgan fingerprint density at radius 2 is 1.53 bits per heavy atom. The number of rotatable bonds is 10. The van der Waals surface area contributed by atoms with E-state index in [9.17, 15) is 35.9 Å². The molecule has 0 atom stereocenters. The van der Waals surface area contributed by atoms with Gasteiger partial charge in [0.25, 0.3) is 5.91 Å². The van der Waals surface area contributed by atoms with Crippen LogP contribution in [0.3, 0.4) is 0 Å². The van der Waals surface area contributed by atoms with Crippen molar-refractivity contribution in [2.24, 2.45) is 0 Å². The highest BCUT2D eigenvalue weighted by Gasteiger charge is 2.33. The molecular weight excluding hydrogens is 628 g/mol. The van der Waals surface area contributed by atoms with Gasteiger partial charge in [0, 0.05) is 46.7 Å². The number of carbonyl (C=O) groups is 2. The first kappa shape index (κ1) is 33.1. The van der Waals surface area contributed by atoms with Crippen molar-refractivity contribution in [2.45, 2.75) is 25.3 Å². The van der Waals surface area contributed by atoms with Gasteiger partial charge in [0.05, 0.1) is 24.7 Å². The minimum absolute atomic E-state index is 0.00550. The third-order valence-corrected chi connectivity index (χ3v) is 6.96. The average molecular weight is 652 g/mol. The number of ether oxygens (including phenoxy) is 1. The molecule has 0 aliphatic carbocycles. The number of carboxylic acids is 1. The van der Waals surface area contributed by atoms with E-state index in [0.29, 0.717) is 22.4 Å². The number of benzene rings is 3. The summed E-state index contributed by atoms with van der Waals surface area (Å²) in [5.41, 5.74) is 0.307. The maximum absolute atomic E-state index is 13.8. The Labute approximate surface area is 257 Å². The molecule has 45 heavy (non-hydrogen) atoms. The van der Waals surface area contributed by atoms with E-state index in [-0.39, 0.29) is 47.1 Å². The molecule has 4 aromatic rings. The van der Waals surface area contributed by atoms with Crippen LogP contribution in [0, 0.1) is 0 Å². The Morgan fingerprint density at radius 3 is 2.09 bits per heavy atom. The van der Waals surface area contributed by atoms with Gasteiger partial charge < -0.3 is 20.5 Å². The van der Waals surface area contributed by atoms with E-state index >= 15 is 0 Å². The first-order chi connectivity index (χ1) is 21.2. The van der Waals surface area contributed by atoms with Crippen LogP contribution in [0.2, 0.25) is 5.02 Å². The number of halogens is 7. The number of nitrogens with zero attached hydrogens (tertiary/aromatic N) is 1. The second kappa shape index (κ2) is 13.5. The molecule has 4 rings (SSSR count). The maximum Gasteiger partial charge on any atom is 0.416 e. The summed E-state index contributed by atoms with van der Waals surface area (Å²) in [6, 6.07) is 14.1. The fourth-order valence-electron chi connectivity index (χ4n) is 4.38. The van der Waals surface area contributed by atoms with Crippen molar-refractivity contribution in [1.29, 1.82) is 0 Å². The minimum Gasteiger partial charge on any atom is -0.496 e. The molecule has 1 aromatic heterocycles. The summed E-state index contributed by atoms with van der Waals surface area (Å²) < 4.78 is 85.6. The zero-order valence-electron chi connectivity index (χ0n) is 23.3. The van der Waals surface area contributed by atoms with E-state index < -0.39 is 35.4 Å². The molecule has 0 unspecified atom stereocenters. The van der Waals surface area contributed by atoms with Crippen LogP contribution in [0.15, 0.2) is 72.9 Å². The molecule has 0 bridgehead atoms. The molecule has 0 saturated heterocycles. The van der Waals surface area contributed by atoms with Crippen LogP contribution in [-0.2, 0) is 23.7 Å². The van der Waals surface area contributed by atoms with Gasteiger partial charge >= 0.3 is 18.3 Å². The fourth-order valence-corrected chi connectivity index (χ4v) is 4.67. The van der Waals surface area contributed by atoms with Gasteiger partial charge in [0.2, 0.25) is 0 Å². The Bertz CT molecular complexity index is 1690. The van der Waals surface area contributed by atoms with Gasteiger partial charge in [-0.3, -0.25) is 14.6 Å². The van der Waals surface area contributed by atoms with Crippen LogP contribution >= 0.6 is 11.6 Å². The van der Waals surface area contributed by atoms with Crippen molar-refractivity contribution >= 4 is 29.2 Å². The lowest BCUT2D eigenvalue weighted by Gasteiger charge is -2.19. The normalized spacial score (nSPS) is 11.6. The number of hydrogen-bond acceptors (Lipinski definition) is 5. The van der Waals surface area contributed by atoms with E-state index in [1.54, 1.807) is 24.3 Å². The molecule has 0 saturated carbocycles. The van der Waals surface area contributed by atoms with Crippen molar-refractivity contribution < 1.29 is 45.8 Å². The summed E-state index contributed by atoms with van der Waals surface area (Å²) in [6.07, 6.45) is -8.30. The summed E-state index contributed by atoms with van der Waals surface area (Å²) in [7, 11) is 1.23. The Hall–Kier alpha value is -4.78. The number of aliphatic carboxylic acids is 1. The largest absolute Gasteiger partial charge is 0.496 e.